The van der Waals surface area contributed by atoms with Gasteiger partial charge in [-0.3, -0.25) is 10.6 Å². The summed E-state index contributed by atoms with van der Waals surface area (Å²) in [5.74, 6) is 5.40. The molecule has 6 heteroatoms. The topological polar surface area (TPSA) is 64.3 Å². The fraction of sp³-hybridized carbons (Fsp3) is 0.0714. The Labute approximate surface area is 121 Å². The van der Waals surface area contributed by atoms with E-state index in [0.29, 0.717) is 0 Å². The van der Waals surface area contributed by atoms with Crippen LogP contribution in [0.2, 0.25) is 0 Å². The van der Waals surface area contributed by atoms with Gasteiger partial charge in [-0.25, -0.2) is 4.39 Å². The quantitative estimate of drug-likeness (QED) is 0.519. The molecule has 0 heterocycles. The predicted octanol–water partition coefficient (Wildman–Crippen LogP) is 3.19. The van der Waals surface area contributed by atoms with Crippen LogP contribution in [-0.2, 0) is 0 Å². The zero-order valence-electron chi connectivity index (χ0n) is 10.8. The van der Waals surface area contributed by atoms with Crippen LogP contribution in [0.4, 0.5) is 10.1 Å². The molecule has 0 radical (unpaired) electrons. The Morgan fingerprint density at radius 3 is 2.20 bits per heavy atom. The molecule has 0 aromatic heterocycles. The van der Waals surface area contributed by atoms with E-state index in [9.17, 15) is 9.18 Å². The average molecular weight is 297 g/mol. The molecule has 4 nitrogen and oxygen atoms in total. The van der Waals surface area contributed by atoms with Crippen molar-refractivity contribution in [3.8, 4) is 5.75 Å². The van der Waals surface area contributed by atoms with E-state index in [-0.39, 0.29) is 5.56 Å². The maximum atomic E-state index is 12.5. The van der Waals surface area contributed by atoms with Crippen molar-refractivity contribution in [3.05, 3.63) is 59.9 Å². The van der Waals surface area contributed by atoms with Crippen LogP contribution < -0.4 is 16.0 Å². The summed E-state index contributed by atoms with van der Waals surface area (Å²) in [5, 5.41) is -0.766. The van der Waals surface area contributed by atoms with Gasteiger partial charge in [0.05, 0.1) is 12.7 Å². The molecule has 0 atom stereocenters. The number of carbonyl (C=O) groups excluding carboxylic acids is 1. The van der Waals surface area contributed by atoms with Gasteiger partial charge in [-0.15, -0.1) is 0 Å². The Kier molecular flexibility index (Phi) is 6.49. The van der Waals surface area contributed by atoms with E-state index in [0.717, 1.165) is 11.4 Å². The normalized spacial score (nSPS) is 9.20. The number of rotatable bonds is 3. The third-order valence-corrected chi connectivity index (χ3v) is 2.55. The Bertz CT molecular complexity index is 538. The van der Waals surface area contributed by atoms with E-state index >= 15 is 0 Å². The number of hydrogen-bond donors (Lipinski definition) is 2. The smallest absolute Gasteiger partial charge is 0.255 e. The maximum Gasteiger partial charge on any atom is 0.255 e. The van der Waals surface area contributed by atoms with Gasteiger partial charge in [0.25, 0.3) is 5.24 Å². The van der Waals surface area contributed by atoms with Crippen molar-refractivity contribution >= 4 is 22.5 Å². The first kappa shape index (κ1) is 15.9. The standard InChI is InChI=1S/C7H4ClFO.C7H10N2O/c8-7(10)5-3-1-2-4-6(5)9;1-10-7-4-2-6(9-8)3-5-7/h1-4H;2-5,9H,8H2,1H3. The third kappa shape index (κ3) is 4.87. The van der Waals surface area contributed by atoms with Gasteiger partial charge in [-0.1, -0.05) is 12.1 Å². The number of nitrogen functional groups attached to an aromatic ring is 1. The van der Waals surface area contributed by atoms with Crippen molar-refractivity contribution in [1.29, 1.82) is 0 Å². The Hall–Kier alpha value is -2.11. The molecule has 2 aromatic carbocycles. The zero-order chi connectivity index (χ0) is 15.0. The van der Waals surface area contributed by atoms with Crippen LogP contribution in [0.25, 0.3) is 0 Å². The molecule has 0 aliphatic heterocycles. The summed E-state index contributed by atoms with van der Waals surface area (Å²) < 4.78 is 17.5. The summed E-state index contributed by atoms with van der Waals surface area (Å²) in [5.41, 5.74) is 3.32. The van der Waals surface area contributed by atoms with Crippen molar-refractivity contribution in [2.75, 3.05) is 12.5 Å². The van der Waals surface area contributed by atoms with Gasteiger partial charge < -0.3 is 10.2 Å². The second kappa shape index (κ2) is 8.14. The molecule has 2 rings (SSSR count). The number of anilines is 1. The molecule has 0 spiro atoms. The monoisotopic (exact) mass is 296 g/mol. The van der Waals surface area contributed by atoms with E-state index in [1.165, 1.54) is 18.2 Å². The minimum absolute atomic E-state index is 0.0795. The zero-order valence-corrected chi connectivity index (χ0v) is 11.5. The first-order chi connectivity index (χ1) is 9.58. The van der Waals surface area contributed by atoms with E-state index in [2.05, 4.69) is 5.43 Å². The lowest BCUT2D eigenvalue weighted by molar-refractivity contribution is 0.107. The van der Waals surface area contributed by atoms with Crippen molar-refractivity contribution in [3.63, 3.8) is 0 Å². The number of carbonyl (C=O) groups is 1. The minimum Gasteiger partial charge on any atom is -0.497 e. The average Bonchev–Trinajstić information content (AvgIpc) is 2.48. The number of benzene rings is 2. The number of hydrogen-bond acceptors (Lipinski definition) is 4. The van der Waals surface area contributed by atoms with Crippen molar-refractivity contribution in [2.45, 2.75) is 0 Å². The largest absolute Gasteiger partial charge is 0.497 e. The van der Waals surface area contributed by atoms with Crippen LogP contribution in [0.1, 0.15) is 10.4 Å². The van der Waals surface area contributed by atoms with Crippen LogP contribution in [0.3, 0.4) is 0 Å². The van der Waals surface area contributed by atoms with Crippen LogP contribution >= 0.6 is 11.6 Å². The van der Waals surface area contributed by atoms with Gasteiger partial charge in [-0.05, 0) is 48.0 Å². The summed E-state index contributed by atoms with van der Waals surface area (Å²) in [7, 11) is 1.63. The van der Waals surface area contributed by atoms with Crippen molar-refractivity contribution in [1.82, 2.24) is 0 Å². The van der Waals surface area contributed by atoms with E-state index in [4.69, 9.17) is 22.2 Å². The lowest BCUT2D eigenvalue weighted by Gasteiger charge is -2.00. The molecule has 0 saturated carbocycles. The van der Waals surface area contributed by atoms with Gasteiger partial charge in [0, 0.05) is 5.69 Å². The van der Waals surface area contributed by atoms with E-state index in [1.807, 2.05) is 24.3 Å². The molecular weight excluding hydrogens is 283 g/mol. The number of methoxy groups -OCH3 is 1. The second-order valence-corrected chi connectivity index (χ2v) is 3.97. The fourth-order valence-electron chi connectivity index (χ4n) is 1.31. The molecule has 2 aromatic rings. The number of nitrogens with one attached hydrogen (secondary N) is 1. The van der Waals surface area contributed by atoms with Gasteiger partial charge in [-0.2, -0.15) is 0 Å². The Morgan fingerprint density at radius 1 is 1.20 bits per heavy atom. The molecular formula is C14H14ClFN2O2. The van der Waals surface area contributed by atoms with Gasteiger partial charge >= 0.3 is 0 Å². The highest BCUT2D eigenvalue weighted by Crippen LogP contribution is 2.13. The molecule has 0 amide bonds. The molecule has 0 unspecified atom stereocenters. The third-order valence-electron chi connectivity index (χ3n) is 2.34. The van der Waals surface area contributed by atoms with Gasteiger partial charge in [0.1, 0.15) is 11.6 Å². The lowest BCUT2D eigenvalue weighted by Crippen LogP contribution is -2.05. The minimum atomic E-state index is -0.766. The Morgan fingerprint density at radius 2 is 1.80 bits per heavy atom. The van der Waals surface area contributed by atoms with Crippen LogP contribution in [0.15, 0.2) is 48.5 Å². The second-order valence-electron chi connectivity index (χ2n) is 3.63. The van der Waals surface area contributed by atoms with Crippen molar-refractivity contribution < 1.29 is 13.9 Å². The predicted molar refractivity (Wildman–Crippen MR) is 77.4 cm³/mol. The molecule has 0 bridgehead atoms. The summed E-state index contributed by atoms with van der Waals surface area (Å²) in [6.45, 7) is 0. The van der Waals surface area contributed by atoms with E-state index in [1.54, 1.807) is 13.2 Å². The van der Waals surface area contributed by atoms with Crippen LogP contribution in [-0.4, -0.2) is 12.4 Å². The Balaban J connectivity index is 0.000000200. The molecule has 106 valence electrons. The molecule has 0 aliphatic rings. The maximum absolute atomic E-state index is 12.5. The summed E-state index contributed by atoms with van der Waals surface area (Å²) in [6.07, 6.45) is 0. The fourth-order valence-corrected chi connectivity index (χ4v) is 1.46. The number of halogens is 2. The summed E-state index contributed by atoms with van der Waals surface area (Å²) in [6, 6.07) is 13.0. The van der Waals surface area contributed by atoms with E-state index < -0.39 is 11.1 Å². The van der Waals surface area contributed by atoms with Gasteiger partial charge in [0.15, 0.2) is 0 Å². The van der Waals surface area contributed by atoms with Crippen LogP contribution in [0, 0.1) is 5.82 Å². The summed E-state index contributed by atoms with van der Waals surface area (Å²) >= 11 is 5.03. The molecule has 20 heavy (non-hydrogen) atoms. The summed E-state index contributed by atoms with van der Waals surface area (Å²) in [4.78, 5) is 10.4. The molecule has 0 saturated heterocycles. The van der Waals surface area contributed by atoms with Crippen LogP contribution in [0.5, 0.6) is 5.75 Å². The number of ether oxygens (including phenoxy) is 1. The first-order valence-electron chi connectivity index (χ1n) is 5.63. The lowest BCUT2D eigenvalue weighted by atomic mass is 10.2. The highest BCUT2D eigenvalue weighted by Gasteiger charge is 2.05. The first-order valence-corrected chi connectivity index (χ1v) is 6.01. The molecule has 0 fully saturated rings. The number of nitrogens with two attached hydrogens (primary N) is 1. The highest BCUT2D eigenvalue weighted by atomic mass is 35.5. The SMILES string of the molecule is COc1ccc(NN)cc1.O=C(Cl)c1ccccc1F. The highest BCUT2D eigenvalue weighted by molar-refractivity contribution is 6.67. The molecule has 3 N–H and O–H groups in total. The molecule has 0 aliphatic carbocycles. The van der Waals surface area contributed by atoms with Crippen molar-refractivity contribution in [2.24, 2.45) is 5.84 Å². The van der Waals surface area contributed by atoms with Gasteiger partial charge in [0.2, 0.25) is 0 Å². The number of hydrazine groups is 1.